The van der Waals surface area contributed by atoms with Crippen LogP contribution in [0.15, 0.2) is 217 Å². The van der Waals surface area contributed by atoms with Crippen molar-refractivity contribution < 1.29 is 0 Å². The second kappa shape index (κ2) is 13.2. The van der Waals surface area contributed by atoms with Crippen molar-refractivity contribution in [3.05, 3.63) is 223 Å². The Bertz CT molecular complexity index is 3740. The van der Waals surface area contributed by atoms with Crippen molar-refractivity contribution in [2.75, 3.05) is 0 Å². The zero-order valence-corrected chi connectivity index (χ0v) is 33.1. The normalized spacial score (nSPS) is 14.0. The average molecular weight is 780 g/mol. The monoisotopic (exact) mass is 779 g/mol. The lowest BCUT2D eigenvalue weighted by molar-refractivity contribution is 0.732. The maximum Gasteiger partial charge on any atom is 0.209 e. The Morgan fingerprint density at radius 1 is 0.344 bits per heavy atom. The molecule has 286 valence electrons. The number of hydrogen-bond donors (Lipinski definition) is 1. The molecule has 0 saturated carbocycles. The Kier molecular flexibility index (Phi) is 7.30. The van der Waals surface area contributed by atoms with Gasteiger partial charge in [-0.1, -0.05) is 133 Å². The summed E-state index contributed by atoms with van der Waals surface area (Å²) < 4.78 is 7.07. The molecule has 0 amide bonds. The summed E-state index contributed by atoms with van der Waals surface area (Å²) in [5, 5.41) is 11.3. The summed E-state index contributed by atoms with van der Waals surface area (Å²) in [5.41, 5.74) is 15.0. The fraction of sp³-hybridized carbons (Fsp3) is 0.0179. The van der Waals surface area contributed by atoms with Gasteiger partial charge in [0.15, 0.2) is 0 Å². The van der Waals surface area contributed by atoms with Gasteiger partial charge in [-0.15, -0.1) is 0 Å². The quantitative estimate of drug-likeness (QED) is 0.190. The molecular weight excluding hydrogens is 743 g/mol. The van der Waals surface area contributed by atoms with Crippen molar-refractivity contribution in [2.24, 2.45) is 4.99 Å². The highest BCUT2D eigenvalue weighted by atomic mass is 15.2. The first-order chi connectivity index (χ1) is 30.3. The molecule has 3 aromatic heterocycles. The summed E-state index contributed by atoms with van der Waals surface area (Å²) in [4.78, 5) is 5.36. The molecule has 1 N–H and O–H groups in total. The molecule has 13 rings (SSSR count). The van der Waals surface area contributed by atoms with Crippen molar-refractivity contribution in [1.82, 2.24) is 19.0 Å². The fourth-order valence-corrected chi connectivity index (χ4v) is 9.97. The number of para-hydroxylation sites is 6. The van der Waals surface area contributed by atoms with Crippen LogP contribution in [-0.2, 0) is 0 Å². The second-order valence-electron chi connectivity index (χ2n) is 16.0. The molecule has 0 saturated heterocycles. The van der Waals surface area contributed by atoms with Gasteiger partial charge in [-0.05, 0) is 95.6 Å². The first-order valence-corrected chi connectivity index (χ1v) is 20.9. The maximum atomic E-state index is 5.36. The number of rotatable bonds is 4. The lowest BCUT2D eigenvalue weighted by Gasteiger charge is -2.28. The van der Waals surface area contributed by atoms with Crippen molar-refractivity contribution in [3.8, 4) is 22.5 Å². The lowest BCUT2D eigenvalue weighted by Crippen LogP contribution is -2.36. The van der Waals surface area contributed by atoms with E-state index in [0.29, 0.717) is 0 Å². The van der Waals surface area contributed by atoms with Gasteiger partial charge in [0.25, 0.3) is 0 Å². The summed E-state index contributed by atoms with van der Waals surface area (Å²) in [6.07, 6.45) is 0. The van der Waals surface area contributed by atoms with Crippen LogP contribution in [-0.4, -0.2) is 19.7 Å². The minimum Gasteiger partial charge on any atom is -0.344 e. The number of aromatic nitrogens is 3. The Hall–Kier alpha value is -8.15. The molecule has 1 aliphatic rings. The van der Waals surface area contributed by atoms with E-state index in [1.165, 1.54) is 71.1 Å². The summed E-state index contributed by atoms with van der Waals surface area (Å²) in [6, 6.07) is 76.6. The summed E-state index contributed by atoms with van der Waals surface area (Å²) in [5.74, 6) is 0.807. The number of aliphatic imine (C=N–C) groups is 1. The molecule has 4 heterocycles. The van der Waals surface area contributed by atoms with E-state index in [4.69, 9.17) is 4.99 Å². The van der Waals surface area contributed by atoms with Crippen molar-refractivity contribution >= 4 is 77.1 Å². The molecule has 0 aliphatic carbocycles. The number of nitrogens with one attached hydrogen (secondary N) is 1. The molecule has 5 nitrogen and oxygen atoms in total. The van der Waals surface area contributed by atoms with Gasteiger partial charge < -0.3 is 14.5 Å². The molecule has 0 bridgehead atoms. The predicted molar refractivity (Wildman–Crippen MR) is 254 cm³/mol. The lowest BCUT2D eigenvalue weighted by atomic mass is 9.95. The van der Waals surface area contributed by atoms with E-state index in [-0.39, 0.29) is 6.04 Å². The predicted octanol–water partition coefficient (Wildman–Crippen LogP) is 13.9. The van der Waals surface area contributed by atoms with E-state index in [2.05, 4.69) is 231 Å². The molecule has 1 atom stereocenters. The largest absolute Gasteiger partial charge is 0.344 e. The maximum absolute atomic E-state index is 5.36. The van der Waals surface area contributed by atoms with Crippen LogP contribution in [0.3, 0.4) is 0 Å². The van der Waals surface area contributed by atoms with Gasteiger partial charge in [0.1, 0.15) is 0 Å². The molecule has 1 aliphatic heterocycles. The summed E-state index contributed by atoms with van der Waals surface area (Å²) in [6.45, 7) is 0. The van der Waals surface area contributed by atoms with Crippen LogP contribution < -0.4 is 5.32 Å². The smallest absolute Gasteiger partial charge is 0.209 e. The third-order valence-electron chi connectivity index (χ3n) is 12.7. The van der Waals surface area contributed by atoms with E-state index in [0.717, 1.165) is 39.6 Å². The third kappa shape index (κ3) is 5.11. The molecular formula is C56H37N5. The number of benzene rings is 9. The molecule has 0 fully saturated rings. The first-order valence-electron chi connectivity index (χ1n) is 20.9. The minimum atomic E-state index is -0.129. The Balaban J connectivity index is 0.954. The highest BCUT2D eigenvalue weighted by Gasteiger charge is 2.27. The van der Waals surface area contributed by atoms with Gasteiger partial charge in [-0.2, -0.15) is 0 Å². The van der Waals surface area contributed by atoms with E-state index in [1.807, 2.05) is 0 Å². The number of fused-ring (bicyclic) bond motifs is 10. The third-order valence-corrected chi connectivity index (χ3v) is 12.7. The van der Waals surface area contributed by atoms with E-state index >= 15 is 0 Å². The molecule has 1 unspecified atom stereocenters. The Morgan fingerprint density at radius 2 is 0.803 bits per heavy atom. The van der Waals surface area contributed by atoms with Gasteiger partial charge in [0.2, 0.25) is 5.96 Å². The first kappa shape index (κ1) is 33.8. The van der Waals surface area contributed by atoms with Crippen LogP contribution in [0, 0.1) is 0 Å². The van der Waals surface area contributed by atoms with Crippen LogP contribution in [0.2, 0.25) is 0 Å². The molecule has 9 aromatic carbocycles. The molecule has 0 spiro atoms. The molecule has 61 heavy (non-hydrogen) atoms. The SMILES string of the molecule is c1ccc(-n2c3ccccc3c3cc(-c4ccc5c(c4)c4ccccc4n5C4=Nc5ccccc5C(c5ccc6c7ccccc7n(-c7ccccc7)c6c5)N4)ccc32)cc1. The molecule has 5 heteroatoms. The van der Waals surface area contributed by atoms with Crippen molar-refractivity contribution in [1.29, 1.82) is 0 Å². The van der Waals surface area contributed by atoms with Crippen molar-refractivity contribution in [2.45, 2.75) is 6.04 Å². The summed E-state index contributed by atoms with van der Waals surface area (Å²) >= 11 is 0. The Labute approximate surface area is 351 Å². The highest BCUT2D eigenvalue weighted by Crippen LogP contribution is 2.41. The second-order valence-corrected chi connectivity index (χ2v) is 16.0. The highest BCUT2D eigenvalue weighted by molar-refractivity contribution is 6.16. The van der Waals surface area contributed by atoms with Gasteiger partial charge >= 0.3 is 0 Å². The van der Waals surface area contributed by atoms with Gasteiger partial charge in [0.05, 0.1) is 44.8 Å². The van der Waals surface area contributed by atoms with Crippen LogP contribution >= 0.6 is 0 Å². The minimum absolute atomic E-state index is 0.129. The zero-order valence-electron chi connectivity index (χ0n) is 33.1. The molecule has 0 radical (unpaired) electrons. The van der Waals surface area contributed by atoms with E-state index in [9.17, 15) is 0 Å². The number of hydrogen-bond acceptors (Lipinski definition) is 2. The van der Waals surface area contributed by atoms with Gasteiger partial charge in [-0.25, -0.2) is 4.99 Å². The van der Waals surface area contributed by atoms with Crippen molar-refractivity contribution in [3.63, 3.8) is 0 Å². The van der Waals surface area contributed by atoms with E-state index in [1.54, 1.807) is 0 Å². The Morgan fingerprint density at radius 3 is 1.43 bits per heavy atom. The van der Waals surface area contributed by atoms with Gasteiger partial charge in [0, 0.05) is 49.3 Å². The topological polar surface area (TPSA) is 39.2 Å². The average Bonchev–Trinajstić information content (AvgIpc) is 3.96. The fourth-order valence-electron chi connectivity index (χ4n) is 9.97. The van der Waals surface area contributed by atoms with Crippen LogP contribution in [0.25, 0.3) is 87.9 Å². The summed E-state index contributed by atoms with van der Waals surface area (Å²) in [7, 11) is 0. The van der Waals surface area contributed by atoms with Crippen LogP contribution in [0.4, 0.5) is 5.69 Å². The van der Waals surface area contributed by atoms with E-state index < -0.39 is 0 Å². The zero-order chi connectivity index (χ0) is 40.0. The molecule has 12 aromatic rings. The number of nitrogens with zero attached hydrogens (tertiary/aromatic N) is 4. The van der Waals surface area contributed by atoms with Crippen LogP contribution in [0.1, 0.15) is 17.2 Å². The van der Waals surface area contributed by atoms with Gasteiger partial charge in [-0.3, -0.25) is 4.57 Å². The standard InChI is InChI=1S/C56H37N5/c1-3-15-39(16-4-1)59-50-25-13-9-20-42(50)46-33-36(28-31-52(46)59)37-29-32-53-47(34-37)43-21-10-14-26-51(43)61(53)56-57-48-23-11-7-22-45(48)55(58-56)38-27-30-44-41-19-8-12-24-49(41)60(54(44)35-38)40-17-5-2-6-18-40/h1-35,55H,(H,57,58). The van der Waals surface area contributed by atoms with Crippen LogP contribution in [0.5, 0.6) is 0 Å².